The lowest BCUT2D eigenvalue weighted by Crippen LogP contribution is -2.24. The number of halogens is 1. The maximum atomic E-state index is 13.9. The first kappa shape index (κ1) is 14.2. The van der Waals surface area contributed by atoms with E-state index in [1.54, 1.807) is 12.1 Å². The van der Waals surface area contributed by atoms with Crippen LogP contribution in [-0.2, 0) is 16.6 Å². The highest BCUT2D eigenvalue weighted by molar-refractivity contribution is 7.84. The predicted molar refractivity (Wildman–Crippen MR) is 74.4 cm³/mol. The van der Waals surface area contributed by atoms with Gasteiger partial charge in [-0.05, 0) is 24.8 Å². The maximum absolute atomic E-state index is 13.9. The minimum atomic E-state index is -1.05. The van der Waals surface area contributed by atoms with E-state index in [0.717, 1.165) is 19.3 Å². The maximum Gasteiger partial charge on any atom is 0.145 e. The molecule has 0 radical (unpaired) electrons. The highest BCUT2D eigenvalue weighted by Crippen LogP contribution is 2.28. The Hall–Kier alpha value is -1.21. The summed E-state index contributed by atoms with van der Waals surface area (Å²) in [7, 11) is -1.05. The Morgan fingerprint density at radius 2 is 2.26 bits per heavy atom. The molecule has 0 aromatic heterocycles. The first-order valence-electron chi connectivity index (χ1n) is 6.66. The first-order chi connectivity index (χ1) is 9.11. The van der Waals surface area contributed by atoms with Crippen molar-refractivity contribution in [3.8, 4) is 6.07 Å². The van der Waals surface area contributed by atoms with Gasteiger partial charge >= 0.3 is 0 Å². The molecule has 2 nitrogen and oxygen atoms in total. The summed E-state index contributed by atoms with van der Waals surface area (Å²) in [4.78, 5) is 0. The molecular weight excluding hydrogens is 261 g/mol. The van der Waals surface area contributed by atoms with Crippen LogP contribution in [0.1, 0.15) is 43.7 Å². The van der Waals surface area contributed by atoms with Crippen LogP contribution in [0.3, 0.4) is 0 Å². The number of nitrogens with zero attached hydrogens (tertiary/aromatic N) is 1. The molecule has 1 aliphatic rings. The third-order valence-corrected chi connectivity index (χ3v) is 5.52. The number of hydrogen-bond acceptors (Lipinski definition) is 2. The van der Waals surface area contributed by atoms with Gasteiger partial charge in [0.1, 0.15) is 11.9 Å². The third-order valence-electron chi connectivity index (χ3n) is 3.76. The number of benzene rings is 1. The van der Waals surface area contributed by atoms with Gasteiger partial charge in [-0.15, -0.1) is 0 Å². The Kier molecular flexibility index (Phi) is 4.71. The van der Waals surface area contributed by atoms with Gasteiger partial charge in [-0.3, -0.25) is 4.21 Å². The second kappa shape index (κ2) is 6.29. The molecule has 102 valence electrons. The molecule has 0 heterocycles. The summed E-state index contributed by atoms with van der Waals surface area (Å²) in [5, 5.41) is 8.97. The molecule has 0 amide bonds. The standard InChI is InChI=1S/C15H18FNOS/c1-11-4-2-7-14(8-11)19(18)10-13-6-3-5-12(9-17)15(13)16/h3,5-6,11,14H,2,4,7-8,10H2,1H3. The van der Waals surface area contributed by atoms with E-state index in [-0.39, 0.29) is 16.6 Å². The Morgan fingerprint density at radius 3 is 2.95 bits per heavy atom. The molecule has 1 aromatic carbocycles. The zero-order chi connectivity index (χ0) is 13.8. The molecule has 3 atom stereocenters. The van der Waals surface area contributed by atoms with E-state index in [4.69, 9.17) is 5.26 Å². The third kappa shape index (κ3) is 3.42. The second-order valence-electron chi connectivity index (χ2n) is 5.31. The normalized spacial score (nSPS) is 24.7. The lowest BCUT2D eigenvalue weighted by molar-refractivity contribution is 0.389. The Bertz CT molecular complexity index is 523. The minimum absolute atomic E-state index is 0.0338. The Morgan fingerprint density at radius 1 is 1.47 bits per heavy atom. The van der Waals surface area contributed by atoms with Crippen molar-refractivity contribution in [2.45, 2.75) is 43.6 Å². The smallest absolute Gasteiger partial charge is 0.145 e. The SMILES string of the molecule is CC1CCCC(S(=O)Cc2cccc(C#N)c2F)C1. The van der Waals surface area contributed by atoms with Crippen molar-refractivity contribution in [2.75, 3.05) is 0 Å². The van der Waals surface area contributed by atoms with Crippen molar-refractivity contribution in [3.63, 3.8) is 0 Å². The quantitative estimate of drug-likeness (QED) is 0.849. The zero-order valence-electron chi connectivity index (χ0n) is 11.1. The highest BCUT2D eigenvalue weighted by atomic mass is 32.2. The van der Waals surface area contributed by atoms with Gasteiger partial charge in [-0.25, -0.2) is 4.39 Å². The fourth-order valence-electron chi connectivity index (χ4n) is 2.67. The van der Waals surface area contributed by atoms with E-state index in [0.29, 0.717) is 11.5 Å². The Balaban J connectivity index is 2.09. The molecule has 0 bridgehead atoms. The topological polar surface area (TPSA) is 40.9 Å². The Labute approximate surface area is 116 Å². The summed E-state index contributed by atoms with van der Waals surface area (Å²) in [6.45, 7) is 2.18. The molecule has 3 unspecified atom stereocenters. The van der Waals surface area contributed by atoms with Crippen LogP contribution in [0.25, 0.3) is 0 Å². The number of nitriles is 1. The fraction of sp³-hybridized carbons (Fsp3) is 0.533. The number of rotatable bonds is 3. The van der Waals surface area contributed by atoms with Gasteiger partial charge in [-0.1, -0.05) is 31.9 Å². The zero-order valence-corrected chi connectivity index (χ0v) is 11.9. The summed E-state index contributed by atoms with van der Waals surface area (Å²) in [6, 6.07) is 6.55. The summed E-state index contributed by atoms with van der Waals surface area (Å²) in [6.07, 6.45) is 4.24. The van der Waals surface area contributed by atoms with Crippen LogP contribution in [0.2, 0.25) is 0 Å². The van der Waals surface area contributed by atoms with Gasteiger partial charge in [-0.2, -0.15) is 5.26 Å². The van der Waals surface area contributed by atoms with E-state index < -0.39 is 16.6 Å². The molecule has 1 aromatic rings. The lowest BCUT2D eigenvalue weighted by atomic mass is 9.91. The molecule has 1 aliphatic carbocycles. The molecule has 1 fully saturated rings. The molecule has 19 heavy (non-hydrogen) atoms. The van der Waals surface area contributed by atoms with E-state index in [2.05, 4.69) is 6.92 Å². The van der Waals surface area contributed by atoms with Gasteiger partial charge < -0.3 is 0 Å². The average Bonchev–Trinajstić information content (AvgIpc) is 2.41. The monoisotopic (exact) mass is 279 g/mol. The van der Waals surface area contributed by atoms with Gasteiger partial charge in [0.05, 0.1) is 11.3 Å². The molecule has 0 saturated heterocycles. The largest absolute Gasteiger partial charge is 0.259 e. The van der Waals surface area contributed by atoms with Crippen LogP contribution in [0.15, 0.2) is 18.2 Å². The van der Waals surface area contributed by atoms with Crippen LogP contribution >= 0.6 is 0 Å². The fourth-order valence-corrected chi connectivity index (χ4v) is 4.40. The van der Waals surface area contributed by atoms with Crippen molar-refractivity contribution in [1.82, 2.24) is 0 Å². The van der Waals surface area contributed by atoms with Crippen LogP contribution in [0.5, 0.6) is 0 Å². The summed E-state index contributed by atoms with van der Waals surface area (Å²) in [5.41, 5.74) is 0.433. The molecule has 0 aliphatic heterocycles. The molecule has 2 rings (SSSR count). The van der Waals surface area contributed by atoms with Gasteiger partial charge in [0.25, 0.3) is 0 Å². The molecule has 0 spiro atoms. The lowest BCUT2D eigenvalue weighted by Gasteiger charge is -2.26. The van der Waals surface area contributed by atoms with Crippen LogP contribution in [-0.4, -0.2) is 9.46 Å². The summed E-state index contributed by atoms with van der Waals surface area (Å²) < 4.78 is 26.2. The highest BCUT2D eigenvalue weighted by Gasteiger charge is 2.24. The van der Waals surface area contributed by atoms with Gasteiger partial charge in [0.15, 0.2) is 0 Å². The first-order valence-corrected chi connectivity index (χ1v) is 8.04. The van der Waals surface area contributed by atoms with Gasteiger partial charge in [0, 0.05) is 21.6 Å². The minimum Gasteiger partial charge on any atom is -0.259 e. The van der Waals surface area contributed by atoms with Crippen molar-refractivity contribution < 1.29 is 8.60 Å². The summed E-state index contributed by atoms with van der Waals surface area (Å²) in [5.74, 6) is 0.318. The summed E-state index contributed by atoms with van der Waals surface area (Å²) >= 11 is 0. The van der Waals surface area contributed by atoms with Crippen molar-refractivity contribution in [1.29, 1.82) is 5.26 Å². The van der Waals surface area contributed by atoms with E-state index >= 15 is 0 Å². The second-order valence-corrected chi connectivity index (χ2v) is 7.03. The van der Waals surface area contributed by atoms with Gasteiger partial charge in [0.2, 0.25) is 0 Å². The molecular formula is C15H18FNOS. The van der Waals surface area contributed by atoms with E-state index in [1.807, 2.05) is 6.07 Å². The molecule has 0 N–H and O–H groups in total. The molecule has 1 saturated carbocycles. The van der Waals surface area contributed by atoms with E-state index in [1.165, 1.54) is 12.5 Å². The van der Waals surface area contributed by atoms with Crippen LogP contribution < -0.4 is 0 Å². The average molecular weight is 279 g/mol. The number of hydrogen-bond donors (Lipinski definition) is 0. The molecule has 4 heteroatoms. The van der Waals surface area contributed by atoms with Crippen molar-refractivity contribution in [3.05, 3.63) is 35.1 Å². The van der Waals surface area contributed by atoms with Crippen molar-refractivity contribution in [2.24, 2.45) is 5.92 Å². The van der Waals surface area contributed by atoms with E-state index in [9.17, 15) is 8.60 Å². The van der Waals surface area contributed by atoms with Crippen LogP contribution in [0.4, 0.5) is 4.39 Å². The predicted octanol–water partition coefficient (Wildman–Crippen LogP) is 3.52. The van der Waals surface area contributed by atoms with Crippen LogP contribution in [0, 0.1) is 23.1 Å². The van der Waals surface area contributed by atoms with Crippen molar-refractivity contribution >= 4 is 10.8 Å².